The second-order valence-corrected chi connectivity index (χ2v) is 8.82. The number of rotatable bonds is 7. The fourth-order valence-electron chi connectivity index (χ4n) is 4.32. The van der Waals surface area contributed by atoms with Crippen LogP contribution < -0.4 is 15.0 Å². The highest BCUT2D eigenvalue weighted by atomic mass is 19.3. The molecule has 4 rings (SSSR count). The van der Waals surface area contributed by atoms with E-state index in [0.717, 1.165) is 31.5 Å². The van der Waals surface area contributed by atoms with Crippen molar-refractivity contribution in [1.29, 1.82) is 0 Å². The minimum Gasteiger partial charge on any atom is -0.493 e. The lowest BCUT2D eigenvalue weighted by Gasteiger charge is -2.34. The Balaban J connectivity index is 1.27. The van der Waals surface area contributed by atoms with E-state index >= 15 is 0 Å². The predicted octanol–water partition coefficient (Wildman–Crippen LogP) is 5.30. The second-order valence-electron chi connectivity index (χ2n) is 8.82. The molecule has 0 spiro atoms. The van der Waals surface area contributed by atoms with Crippen LogP contribution in [0.3, 0.4) is 0 Å². The molecule has 1 saturated heterocycles. The number of hydrogen-bond donors (Lipinski definition) is 1. The van der Waals surface area contributed by atoms with Crippen LogP contribution in [0.25, 0.3) is 0 Å². The summed E-state index contributed by atoms with van der Waals surface area (Å²) in [4.78, 5) is 13.6. The van der Waals surface area contributed by atoms with Gasteiger partial charge in [0.15, 0.2) is 0 Å². The van der Waals surface area contributed by atoms with Crippen LogP contribution in [0.2, 0.25) is 0 Å². The number of alkyl halides is 2. The quantitative estimate of drug-likeness (QED) is 0.651. The van der Waals surface area contributed by atoms with Gasteiger partial charge in [0.05, 0.1) is 18.6 Å². The summed E-state index contributed by atoms with van der Waals surface area (Å²) >= 11 is 0. The van der Waals surface area contributed by atoms with E-state index in [-0.39, 0.29) is 25.0 Å². The highest BCUT2D eigenvalue weighted by molar-refractivity contribution is 5.73. The molecule has 1 aliphatic carbocycles. The first-order chi connectivity index (χ1) is 14.8. The lowest BCUT2D eigenvalue weighted by atomic mass is 9.89. The number of anilines is 1. The Labute approximate surface area is 182 Å². The smallest absolute Gasteiger partial charge is 0.255 e. The summed E-state index contributed by atoms with van der Waals surface area (Å²) in [6, 6.07) is 16.4. The van der Waals surface area contributed by atoms with Crippen molar-refractivity contribution in [2.75, 3.05) is 24.6 Å². The average molecular weight is 429 g/mol. The third kappa shape index (κ3) is 5.35. The number of halogens is 2. The number of piperidine rings is 1. The molecule has 2 aromatic rings. The van der Waals surface area contributed by atoms with Crippen LogP contribution in [0.1, 0.15) is 56.2 Å². The van der Waals surface area contributed by atoms with Gasteiger partial charge in [0.1, 0.15) is 5.75 Å². The van der Waals surface area contributed by atoms with Gasteiger partial charge in [-0.05, 0) is 61.1 Å². The molecular formula is C25H30F2N2O2. The third-order valence-electron chi connectivity index (χ3n) is 6.43. The van der Waals surface area contributed by atoms with E-state index in [0.29, 0.717) is 11.7 Å². The summed E-state index contributed by atoms with van der Waals surface area (Å²) in [5, 5.41) is 2.91. The molecule has 1 N–H and O–H groups in total. The van der Waals surface area contributed by atoms with Crippen molar-refractivity contribution in [2.24, 2.45) is 5.92 Å². The first kappa shape index (κ1) is 21.6. The van der Waals surface area contributed by atoms with Gasteiger partial charge in [0.25, 0.3) is 5.92 Å². The van der Waals surface area contributed by atoms with Crippen LogP contribution >= 0.6 is 0 Å². The SMILES string of the molecule is CC(=O)N[C@@H](C)c1ccc(N2CCC(c3ccc(OCC4CC4(F)F)cc3)CC2)cc1. The molecule has 2 aliphatic rings. The second kappa shape index (κ2) is 8.85. The average Bonchev–Trinajstić information content (AvgIpc) is 3.39. The largest absolute Gasteiger partial charge is 0.493 e. The van der Waals surface area contributed by atoms with Crippen molar-refractivity contribution in [3.05, 3.63) is 59.7 Å². The summed E-state index contributed by atoms with van der Waals surface area (Å²) in [6.07, 6.45) is 2.08. The number of carbonyl (C=O) groups is 1. The standard InChI is InChI=1S/C25H30F2N2O2/c1-17(28-18(2)30)19-3-7-23(8-4-19)29-13-11-21(12-14-29)20-5-9-24(10-6-20)31-16-22-15-25(22,26)27/h3-10,17,21-22H,11-16H2,1-2H3,(H,28,30)/t17-,22?/m0/s1. The summed E-state index contributed by atoms with van der Waals surface area (Å²) in [6.45, 7) is 5.58. The van der Waals surface area contributed by atoms with Gasteiger partial charge in [0, 0.05) is 32.1 Å². The van der Waals surface area contributed by atoms with E-state index in [2.05, 4.69) is 46.6 Å². The number of hydrogen-bond acceptors (Lipinski definition) is 3. The Morgan fingerprint density at radius 1 is 1.13 bits per heavy atom. The Bertz CT molecular complexity index is 891. The molecule has 1 aliphatic heterocycles. The predicted molar refractivity (Wildman–Crippen MR) is 118 cm³/mol. The van der Waals surface area contributed by atoms with Crippen molar-refractivity contribution < 1.29 is 18.3 Å². The first-order valence-electron chi connectivity index (χ1n) is 11.0. The molecule has 2 fully saturated rings. The molecule has 4 nitrogen and oxygen atoms in total. The van der Waals surface area contributed by atoms with Gasteiger partial charge in [-0.15, -0.1) is 0 Å². The van der Waals surface area contributed by atoms with Crippen LogP contribution in [-0.2, 0) is 4.79 Å². The summed E-state index contributed by atoms with van der Waals surface area (Å²) in [5.41, 5.74) is 3.59. The molecule has 0 aromatic heterocycles. The zero-order valence-electron chi connectivity index (χ0n) is 18.1. The normalized spacial score (nSPS) is 21.4. The fourth-order valence-corrected chi connectivity index (χ4v) is 4.32. The van der Waals surface area contributed by atoms with Crippen molar-refractivity contribution in [3.63, 3.8) is 0 Å². The first-order valence-corrected chi connectivity index (χ1v) is 11.0. The lowest BCUT2D eigenvalue weighted by Crippen LogP contribution is -2.32. The van der Waals surface area contributed by atoms with Crippen LogP contribution in [0.4, 0.5) is 14.5 Å². The number of ether oxygens (including phenoxy) is 1. The Kier molecular flexibility index (Phi) is 6.17. The maximum Gasteiger partial charge on any atom is 0.255 e. The number of benzene rings is 2. The number of amides is 1. The number of nitrogens with zero attached hydrogens (tertiary/aromatic N) is 1. The van der Waals surface area contributed by atoms with Gasteiger partial charge < -0.3 is 15.0 Å². The van der Waals surface area contributed by atoms with E-state index in [1.165, 1.54) is 18.2 Å². The molecule has 2 atom stereocenters. The van der Waals surface area contributed by atoms with E-state index in [4.69, 9.17) is 4.74 Å². The molecule has 1 heterocycles. The highest BCUT2D eigenvalue weighted by Gasteiger charge is 2.57. The van der Waals surface area contributed by atoms with E-state index in [1.54, 1.807) is 0 Å². The maximum atomic E-state index is 13.0. The van der Waals surface area contributed by atoms with E-state index in [1.807, 2.05) is 19.1 Å². The van der Waals surface area contributed by atoms with Gasteiger partial charge in [0.2, 0.25) is 5.91 Å². The zero-order chi connectivity index (χ0) is 22.0. The molecule has 2 aromatic carbocycles. The van der Waals surface area contributed by atoms with E-state index < -0.39 is 11.8 Å². The van der Waals surface area contributed by atoms with Crippen LogP contribution in [0, 0.1) is 5.92 Å². The molecule has 6 heteroatoms. The van der Waals surface area contributed by atoms with Crippen LogP contribution in [0.15, 0.2) is 48.5 Å². The Hall–Kier alpha value is -2.63. The molecule has 166 valence electrons. The van der Waals surface area contributed by atoms with Crippen LogP contribution in [0.5, 0.6) is 5.75 Å². The Morgan fingerprint density at radius 2 is 1.74 bits per heavy atom. The molecule has 31 heavy (non-hydrogen) atoms. The summed E-state index contributed by atoms with van der Waals surface area (Å²) in [7, 11) is 0. The molecule has 1 unspecified atom stereocenters. The van der Waals surface area contributed by atoms with Gasteiger partial charge in [-0.25, -0.2) is 8.78 Å². The molecular weight excluding hydrogens is 398 g/mol. The van der Waals surface area contributed by atoms with Gasteiger partial charge in [-0.3, -0.25) is 4.79 Å². The summed E-state index contributed by atoms with van der Waals surface area (Å²) in [5.74, 6) is -2.02. The third-order valence-corrected chi connectivity index (χ3v) is 6.43. The molecule has 1 saturated carbocycles. The van der Waals surface area contributed by atoms with Crippen LogP contribution in [-0.4, -0.2) is 31.5 Å². The maximum absolute atomic E-state index is 13.0. The van der Waals surface area contributed by atoms with Gasteiger partial charge in [-0.1, -0.05) is 24.3 Å². The minimum atomic E-state index is -2.53. The Morgan fingerprint density at radius 3 is 2.29 bits per heavy atom. The lowest BCUT2D eigenvalue weighted by molar-refractivity contribution is -0.119. The van der Waals surface area contributed by atoms with Crippen molar-refractivity contribution in [2.45, 2.75) is 51.0 Å². The van der Waals surface area contributed by atoms with Gasteiger partial charge in [-0.2, -0.15) is 0 Å². The summed E-state index contributed by atoms with van der Waals surface area (Å²) < 4.78 is 31.4. The fraction of sp³-hybridized carbons (Fsp3) is 0.480. The molecule has 1 amide bonds. The number of carbonyl (C=O) groups excluding carboxylic acids is 1. The van der Waals surface area contributed by atoms with Gasteiger partial charge >= 0.3 is 0 Å². The zero-order valence-corrected chi connectivity index (χ0v) is 18.1. The molecule has 0 radical (unpaired) electrons. The molecule has 0 bridgehead atoms. The highest BCUT2D eigenvalue weighted by Crippen LogP contribution is 2.48. The van der Waals surface area contributed by atoms with Crippen molar-refractivity contribution in [1.82, 2.24) is 5.32 Å². The van der Waals surface area contributed by atoms with Crippen molar-refractivity contribution in [3.8, 4) is 5.75 Å². The van der Waals surface area contributed by atoms with E-state index in [9.17, 15) is 13.6 Å². The monoisotopic (exact) mass is 428 g/mol. The van der Waals surface area contributed by atoms with Crippen molar-refractivity contribution >= 4 is 11.6 Å². The minimum absolute atomic E-state index is 0.00463. The topological polar surface area (TPSA) is 41.6 Å². The number of nitrogens with one attached hydrogen (secondary N) is 1.